The first-order valence-electron chi connectivity index (χ1n) is 6.10. The molecule has 0 saturated carbocycles. The average molecular weight is 272 g/mol. The Hall–Kier alpha value is -2.69. The number of methoxy groups -OCH3 is 1. The van der Waals surface area contributed by atoms with Crippen LogP contribution in [0.1, 0.15) is 15.9 Å². The highest BCUT2D eigenvalue weighted by atomic mass is 16.5. The van der Waals surface area contributed by atoms with E-state index in [4.69, 9.17) is 10.5 Å². The zero-order valence-corrected chi connectivity index (χ0v) is 11.1. The molecule has 0 aliphatic carbocycles. The zero-order chi connectivity index (χ0) is 14.5. The Bertz CT molecular complexity index is 626. The van der Waals surface area contributed by atoms with Crippen LogP contribution in [0.3, 0.4) is 0 Å². The standard InChI is InChI=1S/C15H16N2O3/c1-20-14-7-6-10(8-12(14)16)9-17-15(19)11-4-2-3-5-13(11)18/h2-8,18H,9,16H2,1H3,(H,17,19). The first kappa shape index (κ1) is 13.7. The molecule has 4 N–H and O–H groups in total. The topological polar surface area (TPSA) is 84.6 Å². The molecule has 0 heterocycles. The monoisotopic (exact) mass is 272 g/mol. The van der Waals surface area contributed by atoms with Gasteiger partial charge in [-0.3, -0.25) is 4.79 Å². The molecule has 2 aromatic rings. The second-order valence-electron chi connectivity index (χ2n) is 4.28. The first-order chi connectivity index (χ1) is 9.61. The Kier molecular flexibility index (Phi) is 4.10. The molecule has 0 aliphatic rings. The van der Waals surface area contributed by atoms with Gasteiger partial charge in [-0.1, -0.05) is 18.2 Å². The molecule has 0 spiro atoms. The zero-order valence-electron chi connectivity index (χ0n) is 11.1. The summed E-state index contributed by atoms with van der Waals surface area (Å²) in [5.74, 6) is 0.220. The fraction of sp³-hybridized carbons (Fsp3) is 0.133. The summed E-state index contributed by atoms with van der Waals surface area (Å²) in [5.41, 5.74) is 7.41. The summed E-state index contributed by atoms with van der Waals surface area (Å²) in [5, 5.41) is 12.3. The van der Waals surface area contributed by atoms with Gasteiger partial charge in [0.05, 0.1) is 18.4 Å². The number of phenolic OH excluding ortho intramolecular Hbond substituents is 1. The smallest absolute Gasteiger partial charge is 0.255 e. The van der Waals surface area contributed by atoms with Crippen molar-refractivity contribution in [3.63, 3.8) is 0 Å². The minimum absolute atomic E-state index is 0.0424. The van der Waals surface area contributed by atoms with E-state index in [1.54, 1.807) is 37.4 Å². The summed E-state index contributed by atoms with van der Waals surface area (Å²) in [4.78, 5) is 11.9. The Balaban J connectivity index is 2.04. The van der Waals surface area contributed by atoms with Gasteiger partial charge in [-0.2, -0.15) is 0 Å². The van der Waals surface area contributed by atoms with Gasteiger partial charge in [-0.05, 0) is 29.8 Å². The van der Waals surface area contributed by atoms with Crippen LogP contribution in [0, 0.1) is 0 Å². The fourth-order valence-corrected chi connectivity index (χ4v) is 1.84. The van der Waals surface area contributed by atoms with Crippen LogP contribution >= 0.6 is 0 Å². The Labute approximate surface area is 117 Å². The molecule has 0 bridgehead atoms. The number of aromatic hydroxyl groups is 1. The largest absolute Gasteiger partial charge is 0.507 e. The second-order valence-corrected chi connectivity index (χ2v) is 4.28. The number of nitrogens with two attached hydrogens (primary N) is 1. The number of nitrogen functional groups attached to an aromatic ring is 1. The van der Waals surface area contributed by atoms with Crippen LogP contribution in [0.2, 0.25) is 0 Å². The van der Waals surface area contributed by atoms with E-state index < -0.39 is 0 Å². The molecular formula is C15H16N2O3. The number of benzene rings is 2. The third-order valence-electron chi connectivity index (χ3n) is 2.90. The van der Waals surface area contributed by atoms with E-state index in [2.05, 4.69) is 5.32 Å². The Morgan fingerprint density at radius 3 is 2.70 bits per heavy atom. The molecule has 1 amide bonds. The number of para-hydroxylation sites is 1. The van der Waals surface area contributed by atoms with Crippen molar-refractivity contribution in [2.75, 3.05) is 12.8 Å². The van der Waals surface area contributed by atoms with Gasteiger partial charge in [-0.25, -0.2) is 0 Å². The third kappa shape index (κ3) is 3.00. The van der Waals surface area contributed by atoms with Crippen LogP contribution in [0.15, 0.2) is 42.5 Å². The quantitative estimate of drug-likeness (QED) is 0.742. The minimum atomic E-state index is -0.336. The molecule has 0 saturated heterocycles. The van der Waals surface area contributed by atoms with Gasteiger partial charge in [-0.15, -0.1) is 0 Å². The summed E-state index contributed by atoms with van der Waals surface area (Å²) >= 11 is 0. The second kappa shape index (κ2) is 5.97. The van der Waals surface area contributed by atoms with E-state index in [-0.39, 0.29) is 17.2 Å². The van der Waals surface area contributed by atoms with E-state index in [1.165, 1.54) is 6.07 Å². The summed E-state index contributed by atoms with van der Waals surface area (Å²) in [6.45, 7) is 0.321. The maximum absolute atomic E-state index is 11.9. The number of phenols is 1. The van der Waals surface area contributed by atoms with Crippen LogP contribution in [0.5, 0.6) is 11.5 Å². The van der Waals surface area contributed by atoms with Crippen molar-refractivity contribution in [1.82, 2.24) is 5.32 Å². The minimum Gasteiger partial charge on any atom is -0.507 e. The van der Waals surface area contributed by atoms with E-state index in [0.29, 0.717) is 18.0 Å². The maximum atomic E-state index is 11.9. The molecule has 0 atom stereocenters. The number of nitrogens with one attached hydrogen (secondary N) is 1. The molecule has 20 heavy (non-hydrogen) atoms. The molecule has 104 valence electrons. The predicted octanol–water partition coefficient (Wildman–Crippen LogP) is 1.91. The number of carbonyl (C=O) groups excluding carboxylic acids is 1. The molecular weight excluding hydrogens is 256 g/mol. The molecule has 5 heteroatoms. The lowest BCUT2D eigenvalue weighted by Crippen LogP contribution is -2.22. The third-order valence-corrected chi connectivity index (χ3v) is 2.90. The summed E-state index contributed by atoms with van der Waals surface area (Å²) in [7, 11) is 1.55. The van der Waals surface area contributed by atoms with Crippen molar-refractivity contribution in [3.05, 3.63) is 53.6 Å². The van der Waals surface area contributed by atoms with Gasteiger partial charge < -0.3 is 20.9 Å². The fourth-order valence-electron chi connectivity index (χ4n) is 1.84. The van der Waals surface area contributed by atoms with Crippen LogP contribution in [0.25, 0.3) is 0 Å². The number of anilines is 1. The number of ether oxygens (including phenoxy) is 1. The lowest BCUT2D eigenvalue weighted by atomic mass is 10.1. The number of carbonyl (C=O) groups is 1. The molecule has 0 aromatic heterocycles. The molecule has 0 fully saturated rings. The van der Waals surface area contributed by atoms with Crippen LogP contribution in [0.4, 0.5) is 5.69 Å². The van der Waals surface area contributed by atoms with Gasteiger partial charge in [0.1, 0.15) is 11.5 Å². The number of hydrogen-bond donors (Lipinski definition) is 3. The predicted molar refractivity (Wildman–Crippen MR) is 76.7 cm³/mol. The van der Waals surface area contributed by atoms with Gasteiger partial charge in [0, 0.05) is 6.54 Å². The lowest BCUT2D eigenvalue weighted by Gasteiger charge is -2.09. The molecule has 5 nitrogen and oxygen atoms in total. The van der Waals surface area contributed by atoms with Crippen LogP contribution in [-0.4, -0.2) is 18.1 Å². The molecule has 0 radical (unpaired) electrons. The van der Waals surface area contributed by atoms with Crippen molar-refractivity contribution in [3.8, 4) is 11.5 Å². The number of hydrogen-bond acceptors (Lipinski definition) is 4. The van der Waals surface area contributed by atoms with E-state index in [1.807, 2.05) is 6.07 Å². The van der Waals surface area contributed by atoms with Crippen molar-refractivity contribution in [1.29, 1.82) is 0 Å². The van der Waals surface area contributed by atoms with Crippen LogP contribution < -0.4 is 15.8 Å². The van der Waals surface area contributed by atoms with E-state index >= 15 is 0 Å². The van der Waals surface area contributed by atoms with Gasteiger partial charge >= 0.3 is 0 Å². The molecule has 2 rings (SSSR count). The van der Waals surface area contributed by atoms with Gasteiger partial charge in [0.2, 0.25) is 0 Å². The SMILES string of the molecule is COc1ccc(CNC(=O)c2ccccc2O)cc1N. The van der Waals surface area contributed by atoms with Crippen molar-refractivity contribution >= 4 is 11.6 Å². The van der Waals surface area contributed by atoms with Crippen molar-refractivity contribution < 1.29 is 14.6 Å². The van der Waals surface area contributed by atoms with Gasteiger partial charge in [0.25, 0.3) is 5.91 Å². The molecule has 0 aliphatic heterocycles. The summed E-state index contributed by atoms with van der Waals surface area (Å²) in [6, 6.07) is 11.7. The van der Waals surface area contributed by atoms with Crippen molar-refractivity contribution in [2.45, 2.75) is 6.54 Å². The highest BCUT2D eigenvalue weighted by Crippen LogP contribution is 2.22. The normalized spacial score (nSPS) is 10.1. The maximum Gasteiger partial charge on any atom is 0.255 e. The number of rotatable bonds is 4. The average Bonchev–Trinajstić information content (AvgIpc) is 2.45. The van der Waals surface area contributed by atoms with Crippen LogP contribution in [-0.2, 0) is 6.54 Å². The lowest BCUT2D eigenvalue weighted by molar-refractivity contribution is 0.0948. The highest BCUT2D eigenvalue weighted by Gasteiger charge is 2.10. The Morgan fingerprint density at radius 2 is 2.05 bits per heavy atom. The summed E-state index contributed by atoms with van der Waals surface area (Å²) in [6.07, 6.45) is 0. The van der Waals surface area contributed by atoms with E-state index in [9.17, 15) is 9.90 Å². The van der Waals surface area contributed by atoms with E-state index in [0.717, 1.165) is 5.56 Å². The Morgan fingerprint density at radius 1 is 1.30 bits per heavy atom. The first-order valence-corrected chi connectivity index (χ1v) is 6.10. The summed E-state index contributed by atoms with van der Waals surface area (Å²) < 4.78 is 5.07. The molecule has 0 unspecified atom stereocenters. The van der Waals surface area contributed by atoms with Crippen molar-refractivity contribution in [2.24, 2.45) is 0 Å². The molecule has 2 aromatic carbocycles. The van der Waals surface area contributed by atoms with Gasteiger partial charge in [0.15, 0.2) is 0 Å². The number of amides is 1. The highest BCUT2D eigenvalue weighted by molar-refractivity contribution is 5.96.